The lowest BCUT2D eigenvalue weighted by molar-refractivity contribution is -0.137. The van der Waals surface area contributed by atoms with Crippen molar-refractivity contribution in [1.82, 2.24) is 15.3 Å². The number of pyridine rings is 2. The third-order valence-electron chi connectivity index (χ3n) is 3.85. The van der Waals surface area contributed by atoms with E-state index in [0.29, 0.717) is 5.56 Å². The van der Waals surface area contributed by atoms with Crippen molar-refractivity contribution in [3.05, 3.63) is 47.5 Å². The minimum absolute atomic E-state index is 0.279. The van der Waals surface area contributed by atoms with Gasteiger partial charge in [0.1, 0.15) is 5.60 Å². The molecule has 0 spiro atoms. The van der Waals surface area contributed by atoms with Crippen molar-refractivity contribution in [3.63, 3.8) is 0 Å². The summed E-state index contributed by atoms with van der Waals surface area (Å²) in [6.07, 6.45) is 5.85. The first-order valence-corrected chi connectivity index (χ1v) is 8.64. The maximum absolute atomic E-state index is 12.1. The molecule has 0 aliphatic carbocycles. The first-order chi connectivity index (χ1) is 12.6. The van der Waals surface area contributed by atoms with Crippen LogP contribution in [0, 0.1) is 13.8 Å². The van der Waals surface area contributed by atoms with E-state index in [1.165, 1.54) is 0 Å². The molecule has 0 saturated carbocycles. The number of amides is 1. The summed E-state index contributed by atoms with van der Waals surface area (Å²) in [6, 6.07) is 1.08. The van der Waals surface area contributed by atoms with Crippen LogP contribution in [0.25, 0.3) is 11.1 Å². The number of hydrogen-bond acceptors (Lipinski definition) is 5. The maximum atomic E-state index is 12.1. The van der Waals surface area contributed by atoms with Crippen molar-refractivity contribution >= 4 is 12.1 Å². The van der Waals surface area contributed by atoms with Gasteiger partial charge in [-0.2, -0.15) is 0 Å². The lowest BCUT2D eigenvalue weighted by Gasteiger charge is -2.23. The molecule has 1 amide bonds. The van der Waals surface area contributed by atoms with E-state index in [1.54, 1.807) is 45.6 Å². The molecule has 2 heterocycles. The summed E-state index contributed by atoms with van der Waals surface area (Å²) in [6.45, 7) is 9.15. The topological polar surface area (TPSA) is 101 Å². The molecule has 0 bridgehead atoms. The molecule has 7 nitrogen and oxygen atoms in total. The Bertz CT molecular complexity index is 823. The van der Waals surface area contributed by atoms with E-state index in [2.05, 4.69) is 15.3 Å². The number of aliphatic carboxylic acids is 1. The van der Waals surface area contributed by atoms with Crippen LogP contribution in [0.15, 0.2) is 30.9 Å². The lowest BCUT2D eigenvalue weighted by atomic mass is 9.96. The van der Waals surface area contributed by atoms with Gasteiger partial charge < -0.3 is 15.2 Å². The van der Waals surface area contributed by atoms with Gasteiger partial charge >= 0.3 is 12.1 Å². The average molecular weight is 371 g/mol. The number of carbonyl (C=O) groups excluding carboxylic acids is 1. The highest BCUT2D eigenvalue weighted by Gasteiger charge is 2.23. The van der Waals surface area contributed by atoms with Gasteiger partial charge in [-0.15, -0.1) is 0 Å². The van der Waals surface area contributed by atoms with Crippen LogP contribution in [0.5, 0.6) is 0 Å². The molecule has 2 rings (SSSR count). The SMILES string of the molecule is Cc1cncc(C)c1-c1cncc([C@H](CC(=O)O)NC(=O)OC(C)(C)C)c1. The smallest absolute Gasteiger partial charge is 0.408 e. The van der Waals surface area contributed by atoms with E-state index in [0.717, 1.165) is 22.3 Å². The molecule has 2 N–H and O–H groups in total. The largest absolute Gasteiger partial charge is 0.481 e. The van der Waals surface area contributed by atoms with Crippen molar-refractivity contribution in [2.45, 2.75) is 52.7 Å². The second-order valence-electron chi connectivity index (χ2n) is 7.45. The van der Waals surface area contributed by atoms with Crippen LogP contribution in [0.1, 0.15) is 49.9 Å². The Balaban J connectivity index is 2.36. The third kappa shape index (κ3) is 5.77. The number of carbonyl (C=O) groups is 2. The minimum Gasteiger partial charge on any atom is -0.481 e. The van der Waals surface area contributed by atoms with Crippen LogP contribution in [-0.2, 0) is 9.53 Å². The summed E-state index contributed by atoms with van der Waals surface area (Å²) >= 11 is 0. The Labute approximate surface area is 158 Å². The number of aryl methyl sites for hydroxylation is 2. The van der Waals surface area contributed by atoms with E-state index in [4.69, 9.17) is 4.74 Å². The molecule has 0 aliphatic heterocycles. The van der Waals surface area contributed by atoms with Gasteiger partial charge in [-0.1, -0.05) is 0 Å². The summed E-state index contributed by atoms with van der Waals surface area (Å²) in [4.78, 5) is 31.8. The second-order valence-corrected chi connectivity index (χ2v) is 7.45. The Morgan fingerprint density at radius 3 is 2.26 bits per heavy atom. The molecule has 7 heteroatoms. The second kappa shape index (κ2) is 8.16. The van der Waals surface area contributed by atoms with Crippen LogP contribution in [0.4, 0.5) is 4.79 Å². The van der Waals surface area contributed by atoms with Gasteiger partial charge in [-0.25, -0.2) is 4.79 Å². The Kier molecular flexibility index (Phi) is 6.15. The predicted molar refractivity (Wildman–Crippen MR) is 101 cm³/mol. The number of rotatable bonds is 5. The van der Waals surface area contributed by atoms with E-state index >= 15 is 0 Å². The van der Waals surface area contributed by atoms with Crippen LogP contribution in [0.3, 0.4) is 0 Å². The maximum Gasteiger partial charge on any atom is 0.408 e. The van der Waals surface area contributed by atoms with E-state index in [1.807, 2.05) is 19.9 Å². The molecule has 27 heavy (non-hydrogen) atoms. The number of carboxylic acid groups (broad SMARTS) is 1. The van der Waals surface area contributed by atoms with Gasteiger partial charge in [0.05, 0.1) is 12.5 Å². The zero-order valence-corrected chi connectivity index (χ0v) is 16.2. The number of alkyl carbamates (subject to hydrolysis) is 1. The Hall–Kier alpha value is -2.96. The highest BCUT2D eigenvalue weighted by molar-refractivity contribution is 5.73. The molecule has 1 atom stereocenters. The van der Waals surface area contributed by atoms with Gasteiger partial charge in [0, 0.05) is 30.4 Å². The van der Waals surface area contributed by atoms with Crippen molar-refractivity contribution in [1.29, 1.82) is 0 Å². The van der Waals surface area contributed by atoms with E-state index < -0.39 is 23.7 Å². The monoisotopic (exact) mass is 371 g/mol. The molecule has 2 aromatic rings. The summed E-state index contributed by atoms with van der Waals surface area (Å²) in [5.74, 6) is -1.03. The van der Waals surface area contributed by atoms with Crippen molar-refractivity contribution in [3.8, 4) is 11.1 Å². The first-order valence-electron chi connectivity index (χ1n) is 8.64. The van der Waals surface area contributed by atoms with E-state index in [9.17, 15) is 14.7 Å². The molecule has 2 aromatic heterocycles. The van der Waals surface area contributed by atoms with Gasteiger partial charge in [-0.3, -0.25) is 14.8 Å². The summed E-state index contributed by atoms with van der Waals surface area (Å²) in [5.41, 5.74) is 3.73. The predicted octanol–water partition coefficient (Wildman–Crippen LogP) is 3.80. The van der Waals surface area contributed by atoms with Crippen LogP contribution < -0.4 is 5.32 Å². The number of nitrogens with one attached hydrogen (secondary N) is 1. The zero-order valence-electron chi connectivity index (χ0n) is 16.2. The summed E-state index contributed by atoms with van der Waals surface area (Å²) in [7, 11) is 0. The number of aromatic nitrogens is 2. The molecule has 0 saturated heterocycles. The van der Waals surface area contributed by atoms with Crippen molar-refractivity contribution < 1.29 is 19.4 Å². The molecule has 0 aromatic carbocycles. The number of ether oxygens (including phenoxy) is 1. The van der Waals surface area contributed by atoms with E-state index in [-0.39, 0.29) is 6.42 Å². The summed E-state index contributed by atoms with van der Waals surface area (Å²) in [5, 5.41) is 11.9. The zero-order chi connectivity index (χ0) is 20.2. The molecule has 0 aliphatic rings. The minimum atomic E-state index is -1.03. The third-order valence-corrected chi connectivity index (χ3v) is 3.85. The molecule has 144 valence electrons. The van der Waals surface area contributed by atoms with Gasteiger partial charge in [0.25, 0.3) is 0 Å². The number of nitrogens with zero attached hydrogens (tertiary/aromatic N) is 2. The highest BCUT2D eigenvalue weighted by Crippen LogP contribution is 2.28. The summed E-state index contributed by atoms with van der Waals surface area (Å²) < 4.78 is 5.25. The Morgan fingerprint density at radius 2 is 1.70 bits per heavy atom. The normalized spacial score (nSPS) is 12.3. The molecule has 0 unspecified atom stereocenters. The Morgan fingerprint density at radius 1 is 1.11 bits per heavy atom. The van der Waals surface area contributed by atoms with Crippen LogP contribution >= 0.6 is 0 Å². The molecular weight excluding hydrogens is 346 g/mol. The lowest BCUT2D eigenvalue weighted by Crippen LogP contribution is -2.35. The van der Waals surface area contributed by atoms with Gasteiger partial charge in [0.2, 0.25) is 0 Å². The van der Waals surface area contributed by atoms with Gasteiger partial charge in [0.15, 0.2) is 0 Å². The quantitative estimate of drug-likeness (QED) is 0.829. The number of hydrogen-bond donors (Lipinski definition) is 2. The highest BCUT2D eigenvalue weighted by atomic mass is 16.6. The number of carboxylic acids is 1. The standard InChI is InChI=1S/C20H25N3O4/c1-12-8-21-9-13(2)18(12)15-6-14(10-22-11-15)16(7-17(24)25)23-19(26)27-20(3,4)5/h6,8-11,16H,7H2,1-5H3,(H,23,26)(H,24,25)/t16-/m0/s1. The molecular formula is C20H25N3O4. The van der Waals surface area contributed by atoms with Crippen LogP contribution in [-0.4, -0.2) is 32.7 Å². The van der Waals surface area contributed by atoms with Crippen LogP contribution in [0.2, 0.25) is 0 Å². The first kappa shape index (κ1) is 20.4. The fourth-order valence-corrected chi connectivity index (χ4v) is 2.82. The fraction of sp³-hybridized carbons (Fsp3) is 0.400. The van der Waals surface area contributed by atoms with Gasteiger partial charge in [-0.05, 0) is 62.9 Å². The van der Waals surface area contributed by atoms with Crippen molar-refractivity contribution in [2.24, 2.45) is 0 Å². The molecule has 0 radical (unpaired) electrons. The average Bonchev–Trinajstić information content (AvgIpc) is 2.52. The molecule has 0 fully saturated rings. The van der Waals surface area contributed by atoms with Crippen molar-refractivity contribution in [2.75, 3.05) is 0 Å². The fourth-order valence-electron chi connectivity index (χ4n) is 2.82.